The zero-order valence-corrected chi connectivity index (χ0v) is 15.0. The summed E-state index contributed by atoms with van der Waals surface area (Å²) >= 11 is 0. The number of hydrogen-bond donors (Lipinski definition) is 2. The van der Waals surface area contributed by atoms with Gasteiger partial charge in [0.25, 0.3) is 0 Å². The summed E-state index contributed by atoms with van der Waals surface area (Å²) in [4.78, 5) is 1.95. The van der Waals surface area contributed by atoms with Gasteiger partial charge >= 0.3 is 0 Å². The highest BCUT2D eigenvalue weighted by Gasteiger charge is 2.13. The zero-order chi connectivity index (χ0) is 16.7. The summed E-state index contributed by atoms with van der Waals surface area (Å²) in [5, 5.41) is 19.5. The van der Waals surface area contributed by atoms with Crippen LogP contribution >= 0.6 is 12.4 Å². The fraction of sp³-hybridized carbons (Fsp3) is 0.368. The topological polar surface area (TPSA) is 52.9 Å². The second-order valence-corrected chi connectivity index (χ2v) is 5.72. The molecule has 2 aromatic carbocycles. The summed E-state index contributed by atoms with van der Waals surface area (Å²) in [6.07, 6.45) is -0.636. The lowest BCUT2D eigenvalue weighted by Crippen LogP contribution is -2.37. The molecule has 0 aromatic heterocycles. The maximum Gasteiger partial charge on any atom is 0.119 e. The van der Waals surface area contributed by atoms with Gasteiger partial charge in [-0.15, -0.1) is 12.4 Å². The number of aliphatic hydroxyl groups is 2. The highest BCUT2D eigenvalue weighted by molar-refractivity contribution is 5.85. The predicted octanol–water partition coefficient (Wildman–Crippen LogP) is 2.96. The summed E-state index contributed by atoms with van der Waals surface area (Å²) in [5.74, 6) is 0.764. The Morgan fingerprint density at radius 3 is 2.38 bits per heavy atom. The number of ether oxygens (including phenoxy) is 1. The molecule has 0 aliphatic rings. The average Bonchev–Trinajstić information content (AvgIpc) is 2.56. The monoisotopic (exact) mass is 351 g/mol. The molecule has 1 atom stereocenters. The van der Waals surface area contributed by atoms with Crippen molar-refractivity contribution in [1.29, 1.82) is 0 Å². The fourth-order valence-corrected chi connectivity index (χ4v) is 2.39. The van der Waals surface area contributed by atoms with Crippen molar-refractivity contribution in [2.24, 2.45) is 0 Å². The van der Waals surface area contributed by atoms with E-state index in [1.165, 1.54) is 11.1 Å². The minimum atomic E-state index is -0.636. The van der Waals surface area contributed by atoms with Crippen LogP contribution in [0.2, 0.25) is 0 Å². The summed E-state index contributed by atoms with van der Waals surface area (Å²) in [6.45, 7) is 5.24. The summed E-state index contributed by atoms with van der Waals surface area (Å²) in [7, 11) is 0. The first-order valence-corrected chi connectivity index (χ1v) is 7.89. The molecule has 132 valence electrons. The molecule has 0 bridgehead atoms. The molecule has 0 heterocycles. The number of aliphatic hydroxyl groups excluding tert-OH is 2. The summed E-state index contributed by atoms with van der Waals surface area (Å²) in [5.41, 5.74) is 3.37. The Hall–Kier alpha value is -1.75. The van der Waals surface area contributed by atoms with Gasteiger partial charge in [0.2, 0.25) is 0 Å². The van der Waals surface area contributed by atoms with E-state index in [0.717, 1.165) is 11.4 Å². The van der Waals surface area contributed by atoms with Crippen molar-refractivity contribution in [3.63, 3.8) is 0 Å². The Morgan fingerprint density at radius 1 is 1.04 bits per heavy atom. The minimum Gasteiger partial charge on any atom is -0.491 e. The first-order chi connectivity index (χ1) is 11.1. The number of anilines is 1. The van der Waals surface area contributed by atoms with Crippen LogP contribution < -0.4 is 9.64 Å². The van der Waals surface area contributed by atoms with Gasteiger partial charge in [-0.2, -0.15) is 0 Å². The van der Waals surface area contributed by atoms with Crippen molar-refractivity contribution in [3.8, 4) is 5.75 Å². The molecule has 0 spiro atoms. The third-order valence-electron chi connectivity index (χ3n) is 3.84. The number of nitrogens with zero attached hydrogens (tertiary/aromatic N) is 1. The van der Waals surface area contributed by atoms with E-state index in [1.54, 1.807) is 0 Å². The number of rotatable bonds is 8. The molecule has 0 saturated heterocycles. The number of para-hydroxylation sites is 1. The molecule has 0 fully saturated rings. The van der Waals surface area contributed by atoms with Crippen LogP contribution in [-0.2, 0) is 0 Å². The van der Waals surface area contributed by atoms with Gasteiger partial charge in [-0.25, -0.2) is 0 Å². The second-order valence-electron chi connectivity index (χ2n) is 5.72. The lowest BCUT2D eigenvalue weighted by molar-refractivity contribution is 0.111. The molecule has 5 heteroatoms. The standard InChI is InChI=1S/C19H25NO3.ClH/c1-15-8-9-19(12-16(15)2)23-14-18(22)13-20(10-11-21)17-6-4-3-5-7-17;/h3-9,12,18,21-22H,10-11,13-14H2,1-2H3;1H. The number of halogens is 1. The van der Waals surface area contributed by atoms with E-state index in [1.807, 2.05) is 60.4 Å². The van der Waals surface area contributed by atoms with E-state index in [-0.39, 0.29) is 25.6 Å². The van der Waals surface area contributed by atoms with Crippen LogP contribution in [0.1, 0.15) is 11.1 Å². The maximum atomic E-state index is 10.2. The largest absolute Gasteiger partial charge is 0.491 e. The van der Waals surface area contributed by atoms with Crippen LogP contribution in [0.3, 0.4) is 0 Å². The van der Waals surface area contributed by atoms with Crippen molar-refractivity contribution in [2.45, 2.75) is 20.0 Å². The van der Waals surface area contributed by atoms with E-state index < -0.39 is 6.10 Å². The highest BCUT2D eigenvalue weighted by Crippen LogP contribution is 2.17. The van der Waals surface area contributed by atoms with Crippen molar-refractivity contribution in [1.82, 2.24) is 0 Å². The van der Waals surface area contributed by atoms with Crippen molar-refractivity contribution >= 4 is 18.1 Å². The Balaban J connectivity index is 0.00000288. The minimum absolute atomic E-state index is 0. The molecule has 0 aliphatic carbocycles. The molecular formula is C19H26ClNO3. The quantitative estimate of drug-likeness (QED) is 0.767. The van der Waals surface area contributed by atoms with Crippen molar-refractivity contribution < 1.29 is 14.9 Å². The Labute approximate surface area is 150 Å². The first kappa shape index (κ1) is 20.3. The number of hydrogen-bond acceptors (Lipinski definition) is 4. The van der Waals surface area contributed by atoms with E-state index in [0.29, 0.717) is 13.1 Å². The van der Waals surface area contributed by atoms with Crippen molar-refractivity contribution in [2.75, 3.05) is 31.2 Å². The maximum absolute atomic E-state index is 10.2. The molecule has 0 radical (unpaired) electrons. The van der Waals surface area contributed by atoms with E-state index in [4.69, 9.17) is 4.74 Å². The second kappa shape index (κ2) is 10.2. The molecule has 0 aliphatic heterocycles. The third-order valence-corrected chi connectivity index (χ3v) is 3.84. The highest BCUT2D eigenvalue weighted by atomic mass is 35.5. The Kier molecular flexibility index (Phi) is 8.61. The van der Waals surface area contributed by atoms with Gasteiger partial charge in [0.05, 0.1) is 6.61 Å². The van der Waals surface area contributed by atoms with E-state index >= 15 is 0 Å². The average molecular weight is 352 g/mol. The van der Waals surface area contributed by atoms with Gasteiger partial charge in [0.1, 0.15) is 18.5 Å². The molecule has 4 nitrogen and oxygen atoms in total. The molecular weight excluding hydrogens is 326 g/mol. The normalized spacial score (nSPS) is 11.5. The first-order valence-electron chi connectivity index (χ1n) is 7.89. The molecule has 24 heavy (non-hydrogen) atoms. The van der Waals surface area contributed by atoms with Crippen LogP contribution in [0.25, 0.3) is 0 Å². The predicted molar refractivity (Wildman–Crippen MR) is 100 cm³/mol. The van der Waals surface area contributed by atoms with Crippen LogP contribution in [0.5, 0.6) is 5.75 Å². The lowest BCUT2D eigenvalue weighted by atomic mass is 10.1. The number of benzene rings is 2. The van der Waals surface area contributed by atoms with Gasteiger partial charge in [-0.05, 0) is 49.2 Å². The Morgan fingerprint density at radius 2 is 1.75 bits per heavy atom. The zero-order valence-electron chi connectivity index (χ0n) is 14.2. The van der Waals surface area contributed by atoms with Crippen LogP contribution in [0, 0.1) is 13.8 Å². The van der Waals surface area contributed by atoms with Gasteiger partial charge < -0.3 is 19.8 Å². The summed E-state index contributed by atoms with van der Waals surface area (Å²) in [6, 6.07) is 15.7. The van der Waals surface area contributed by atoms with Gasteiger partial charge in [-0.3, -0.25) is 0 Å². The molecule has 2 N–H and O–H groups in total. The van der Waals surface area contributed by atoms with Gasteiger partial charge in [-0.1, -0.05) is 24.3 Å². The Bertz CT molecular complexity index is 607. The van der Waals surface area contributed by atoms with E-state index in [9.17, 15) is 10.2 Å². The molecule has 2 aromatic rings. The molecule has 1 unspecified atom stereocenters. The summed E-state index contributed by atoms with van der Waals surface area (Å²) < 4.78 is 5.68. The fourth-order valence-electron chi connectivity index (χ4n) is 2.39. The lowest BCUT2D eigenvalue weighted by Gasteiger charge is -2.26. The number of aryl methyl sites for hydroxylation is 2. The van der Waals surface area contributed by atoms with Crippen LogP contribution in [0.4, 0.5) is 5.69 Å². The van der Waals surface area contributed by atoms with E-state index in [2.05, 4.69) is 6.92 Å². The smallest absolute Gasteiger partial charge is 0.119 e. The molecule has 2 rings (SSSR count). The van der Waals surface area contributed by atoms with Gasteiger partial charge in [0.15, 0.2) is 0 Å². The molecule has 0 amide bonds. The third kappa shape index (κ3) is 6.04. The van der Waals surface area contributed by atoms with Crippen molar-refractivity contribution in [3.05, 3.63) is 59.7 Å². The van der Waals surface area contributed by atoms with Gasteiger partial charge in [0, 0.05) is 18.8 Å². The van der Waals surface area contributed by atoms with Crippen LogP contribution in [-0.4, -0.2) is 42.6 Å². The SMILES string of the molecule is Cc1ccc(OCC(O)CN(CCO)c2ccccc2)cc1C.Cl. The van der Waals surface area contributed by atoms with Crippen LogP contribution in [0.15, 0.2) is 48.5 Å². The molecule has 0 saturated carbocycles.